The van der Waals surface area contributed by atoms with Crippen molar-refractivity contribution < 1.29 is 0 Å². The second-order valence-corrected chi connectivity index (χ2v) is 7.24. The summed E-state index contributed by atoms with van der Waals surface area (Å²) in [4.78, 5) is 19.0. The van der Waals surface area contributed by atoms with Gasteiger partial charge in [0.2, 0.25) is 0 Å². The summed E-state index contributed by atoms with van der Waals surface area (Å²) in [5.41, 5.74) is 1.87. The summed E-state index contributed by atoms with van der Waals surface area (Å²) in [6.07, 6.45) is 9.25. The van der Waals surface area contributed by atoms with E-state index in [0.29, 0.717) is 6.04 Å². The Morgan fingerprint density at radius 3 is 2.77 bits per heavy atom. The third-order valence-corrected chi connectivity index (χ3v) is 5.61. The normalized spacial score (nSPS) is 21.1. The van der Waals surface area contributed by atoms with Gasteiger partial charge in [0, 0.05) is 50.7 Å². The maximum Gasteiger partial charge on any atom is 0.164 e. The van der Waals surface area contributed by atoms with E-state index in [1.54, 1.807) is 12.4 Å². The molecule has 2 saturated heterocycles. The van der Waals surface area contributed by atoms with Crippen LogP contribution in [0.25, 0.3) is 22.4 Å². The van der Waals surface area contributed by atoms with Crippen LogP contribution in [0, 0.1) is 0 Å². The van der Waals surface area contributed by atoms with Crippen LogP contribution in [0.1, 0.15) is 19.3 Å². The van der Waals surface area contributed by atoms with Gasteiger partial charge in [0.1, 0.15) is 5.82 Å². The summed E-state index contributed by atoms with van der Waals surface area (Å²) in [6, 6.07) is 4.56. The van der Waals surface area contributed by atoms with Crippen LogP contribution in [-0.4, -0.2) is 61.9 Å². The molecule has 0 bridgehead atoms. The van der Waals surface area contributed by atoms with Gasteiger partial charge in [-0.1, -0.05) is 0 Å². The fourth-order valence-electron chi connectivity index (χ4n) is 4.28. The lowest BCUT2D eigenvalue weighted by Crippen LogP contribution is -2.37. The lowest BCUT2D eigenvalue weighted by Gasteiger charge is -2.27. The molecule has 2 fully saturated rings. The van der Waals surface area contributed by atoms with Gasteiger partial charge in [-0.25, -0.2) is 9.97 Å². The minimum atomic E-state index is 0.642. The second kappa shape index (κ2) is 6.32. The van der Waals surface area contributed by atoms with E-state index in [9.17, 15) is 0 Å². The number of rotatable bonds is 2. The molecular weight excluding hydrogens is 326 g/mol. The van der Waals surface area contributed by atoms with E-state index >= 15 is 0 Å². The van der Waals surface area contributed by atoms with E-state index in [4.69, 9.17) is 9.97 Å². The van der Waals surface area contributed by atoms with Gasteiger partial charge in [-0.05, 0) is 37.9 Å². The fourth-order valence-corrected chi connectivity index (χ4v) is 4.28. The zero-order valence-electron chi connectivity index (χ0n) is 15.0. The Hall–Kier alpha value is -2.54. The Kier molecular flexibility index (Phi) is 3.81. The van der Waals surface area contributed by atoms with Crippen molar-refractivity contribution in [3.63, 3.8) is 0 Å². The monoisotopic (exact) mass is 349 g/mol. The lowest BCUT2D eigenvalue weighted by atomic mass is 10.2. The Bertz CT molecular complexity index is 920. The highest BCUT2D eigenvalue weighted by Gasteiger charge is 2.30. The van der Waals surface area contributed by atoms with Crippen molar-refractivity contribution in [3.8, 4) is 11.4 Å². The van der Waals surface area contributed by atoms with Crippen LogP contribution < -0.4 is 4.90 Å². The first-order valence-corrected chi connectivity index (χ1v) is 9.39. The molecule has 5 rings (SSSR count). The molecule has 134 valence electrons. The summed E-state index contributed by atoms with van der Waals surface area (Å²) in [7, 11) is 1.94. The van der Waals surface area contributed by atoms with Crippen molar-refractivity contribution in [1.82, 2.24) is 29.6 Å². The van der Waals surface area contributed by atoms with Crippen LogP contribution in [0.5, 0.6) is 0 Å². The molecule has 3 aromatic rings. The van der Waals surface area contributed by atoms with E-state index in [0.717, 1.165) is 41.3 Å². The number of hydrogen-bond acceptors (Lipinski definition) is 6. The van der Waals surface area contributed by atoms with Gasteiger partial charge in [0.25, 0.3) is 0 Å². The zero-order chi connectivity index (χ0) is 17.5. The van der Waals surface area contributed by atoms with Crippen LogP contribution in [0.15, 0.2) is 30.7 Å². The van der Waals surface area contributed by atoms with Gasteiger partial charge in [-0.3, -0.25) is 14.6 Å². The maximum absolute atomic E-state index is 4.98. The first-order chi connectivity index (χ1) is 12.8. The summed E-state index contributed by atoms with van der Waals surface area (Å²) in [5, 5.41) is 5.48. The molecule has 26 heavy (non-hydrogen) atoms. The van der Waals surface area contributed by atoms with Gasteiger partial charge in [-0.2, -0.15) is 5.10 Å². The average molecular weight is 349 g/mol. The van der Waals surface area contributed by atoms with Gasteiger partial charge in [0.15, 0.2) is 11.5 Å². The third kappa shape index (κ3) is 2.63. The SMILES string of the molecule is Cn1ncc2c(N3CCCN4CCC[C@H]4C3)nc(-c3ccncc3)nc21. The predicted molar refractivity (Wildman–Crippen MR) is 101 cm³/mol. The van der Waals surface area contributed by atoms with E-state index in [-0.39, 0.29) is 0 Å². The average Bonchev–Trinajstić information content (AvgIpc) is 3.22. The van der Waals surface area contributed by atoms with Crippen molar-refractivity contribution >= 4 is 16.9 Å². The topological polar surface area (TPSA) is 63.0 Å². The molecule has 7 nitrogen and oxygen atoms in total. The van der Waals surface area contributed by atoms with Crippen molar-refractivity contribution in [2.75, 3.05) is 31.1 Å². The van der Waals surface area contributed by atoms with E-state index in [1.807, 2.05) is 30.1 Å². The molecule has 0 unspecified atom stereocenters. The molecule has 7 heteroatoms. The summed E-state index contributed by atoms with van der Waals surface area (Å²) in [6.45, 7) is 4.51. The van der Waals surface area contributed by atoms with Crippen LogP contribution in [-0.2, 0) is 7.05 Å². The van der Waals surface area contributed by atoms with Crippen molar-refractivity contribution in [1.29, 1.82) is 0 Å². The Balaban J connectivity index is 1.62. The van der Waals surface area contributed by atoms with Crippen LogP contribution in [0.2, 0.25) is 0 Å². The number of aryl methyl sites for hydroxylation is 1. The van der Waals surface area contributed by atoms with Crippen LogP contribution in [0.3, 0.4) is 0 Å². The Morgan fingerprint density at radius 1 is 1.04 bits per heavy atom. The summed E-state index contributed by atoms with van der Waals surface area (Å²) < 4.78 is 1.84. The Labute approximate surface area is 152 Å². The van der Waals surface area contributed by atoms with Crippen LogP contribution in [0.4, 0.5) is 5.82 Å². The molecule has 2 aliphatic rings. The minimum Gasteiger partial charge on any atom is -0.354 e. The standard InChI is InChI=1S/C19H23N7/c1-24-18-16(12-21-24)19(23-17(22-18)14-5-7-20-8-6-14)26-11-3-10-25-9-2-4-15(25)13-26/h5-8,12,15H,2-4,9-11,13H2,1H3/t15-/m0/s1. The van der Waals surface area contributed by atoms with Gasteiger partial charge in [0.05, 0.1) is 11.6 Å². The summed E-state index contributed by atoms with van der Waals surface area (Å²) in [5.74, 6) is 1.76. The number of aromatic nitrogens is 5. The molecule has 3 aromatic heterocycles. The largest absolute Gasteiger partial charge is 0.354 e. The fraction of sp³-hybridized carbons (Fsp3) is 0.474. The van der Waals surface area contributed by atoms with E-state index < -0.39 is 0 Å². The lowest BCUT2D eigenvalue weighted by molar-refractivity contribution is 0.273. The highest BCUT2D eigenvalue weighted by Crippen LogP contribution is 2.30. The molecule has 0 aliphatic carbocycles. The number of hydrogen-bond donors (Lipinski definition) is 0. The number of anilines is 1. The van der Waals surface area contributed by atoms with Crippen LogP contribution >= 0.6 is 0 Å². The quantitative estimate of drug-likeness (QED) is 0.706. The smallest absolute Gasteiger partial charge is 0.164 e. The number of pyridine rings is 1. The first kappa shape index (κ1) is 15.7. The molecule has 0 radical (unpaired) electrons. The van der Waals surface area contributed by atoms with E-state index in [2.05, 4.69) is 19.9 Å². The molecule has 1 atom stereocenters. The number of nitrogens with zero attached hydrogens (tertiary/aromatic N) is 7. The zero-order valence-corrected chi connectivity index (χ0v) is 15.0. The predicted octanol–water partition coefficient (Wildman–Crippen LogP) is 2.10. The molecule has 0 saturated carbocycles. The molecule has 0 amide bonds. The van der Waals surface area contributed by atoms with E-state index in [1.165, 1.54) is 32.4 Å². The molecule has 0 N–H and O–H groups in total. The number of fused-ring (bicyclic) bond motifs is 2. The van der Waals surface area contributed by atoms with Gasteiger partial charge >= 0.3 is 0 Å². The molecule has 0 spiro atoms. The minimum absolute atomic E-state index is 0.642. The highest BCUT2D eigenvalue weighted by molar-refractivity contribution is 5.88. The maximum atomic E-state index is 4.98. The first-order valence-electron chi connectivity index (χ1n) is 9.39. The summed E-state index contributed by atoms with van der Waals surface area (Å²) >= 11 is 0. The van der Waals surface area contributed by atoms with Gasteiger partial charge in [-0.15, -0.1) is 0 Å². The van der Waals surface area contributed by atoms with Gasteiger partial charge < -0.3 is 4.90 Å². The molecule has 2 aliphatic heterocycles. The molecule has 5 heterocycles. The Morgan fingerprint density at radius 2 is 1.88 bits per heavy atom. The molecular formula is C19H23N7. The van der Waals surface area contributed by atoms with Crippen molar-refractivity contribution in [2.45, 2.75) is 25.3 Å². The van der Waals surface area contributed by atoms with Crippen molar-refractivity contribution in [3.05, 3.63) is 30.7 Å². The molecule has 0 aromatic carbocycles. The highest BCUT2D eigenvalue weighted by atomic mass is 15.3. The third-order valence-electron chi connectivity index (χ3n) is 5.61. The second-order valence-electron chi connectivity index (χ2n) is 7.24. The van der Waals surface area contributed by atoms with Crippen molar-refractivity contribution in [2.24, 2.45) is 7.05 Å².